The monoisotopic (exact) mass is 275 g/mol. The molecule has 2 rings (SSSR count). The first-order valence-corrected chi connectivity index (χ1v) is 7.76. The van der Waals surface area contributed by atoms with Gasteiger partial charge in [-0.25, -0.2) is 0 Å². The van der Waals surface area contributed by atoms with Gasteiger partial charge in [-0.2, -0.15) is 0 Å². The fourth-order valence-corrected chi connectivity index (χ4v) is 2.78. The number of hydrogen-bond donors (Lipinski definition) is 1. The van der Waals surface area contributed by atoms with Gasteiger partial charge in [0.05, 0.1) is 11.3 Å². The first-order chi connectivity index (χ1) is 9.76. The first-order valence-electron chi connectivity index (χ1n) is 7.76. The lowest BCUT2D eigenvalue weighted by molar-refractivity contribution is 0.0607. The van der Waals surface area contributed by atoms with Gasteiger partial charge in [0.2, 0.25) is 0 Å². The Bertz CT molecular complexity index is 447. The fraction of sp³-hybridized carbons (Fsp3) is 0.625. The number of anilines is 1. The minimum absolute atomic E-state index is 0.129. The highest BCUT2D eigenvalue weighted by Crippen LogP contribution is 2.22. The number of carbonyl (C=O) groups excluding carboxylic acids is 1. The van der Waals surface area contributed by atoms with E-state index in [-0.39, 0.29) is 5.91 Å². The van der Waals surface area contributed by atoms with E-state index in [1.165, 1.54) is 6.42 Å². The highest BCUT2D eigenvalue weighted by Gasteiger charge is 2.26. The Kier molecular flexibility index (Phi) is 5.39. The summed E-state index contributed by atoms with van der Waals surface area (Å²) in [5, 5.41) is 3.28. The molecule has 1 N–H and O–H groups in total. The molecular formula is C16H25N3O. The van der Waals surface area contributed by atoms with Crippen LogP contribution in [0, 0.1) is 0 Å². The summed E-state index contributed by atoms with van der Waals surface area (Å²) in [4.78, 5) is 18.9. The van der Waals surface area contributed by atoms with Gasteiger partial charge in [0.15, 0.2) is 0 Å². The van der Waals surface area contributed by atoms with Crippen molar-refractivity contribution in [3.63, 3.8) is 0 Å². The second-order valence-corrected chi connectivity index (χ2v) is 5.45. The van der Waals surface area contributed by atoms with Crippen LogP contribution in [0.4, 0.5) is 5.69 Å². The number of aromatic nitrogens is 1. The van der Waals surface area contributed by atoms with Crippen LogP contribution in [-0.4, -0.2) is 34.9 Å². The van der Waals surface area contributed by atoms with Crippen LogP contribution in [0.15, 0.2) is 18.5 Å². The van der Waals surface area contributed by atoms with E-state index < -0.39 is 0 Å². The smallest absolute Gasteiger partial charge is 0.255 e. The van der Waals surface area contributed by atoms with Crippen molar-refractivity contribution in [1.82, 2.24) is 9.88 Å². The van der Waals surface area contributed by atoms with E-state index >= 15 is 0 Å². The van der Waals surface area contributed by atoms with Crippen molar-refractivity contribution in [3.8, 4) is 0 Å². The Morgan fingerprint density at radius 1 is 1.40 bits per heavy atom. The van der Waals surface area contributed by atoms with Crippen LogP contribution in [0.3, 0.4) is 0 Å². The van der Waals surface area contributed by atoms with Gasteiger partial charge in [-0.1, -0.05) is 13.8 Å². The SMILES string of the molecule is CCCNc1cncc(C(=O)N2CCCCC2CC)c1. The van der Waals surface area contributed by atoms with Crippen molar-refractivity contribution in [2.45, 2.75) is 52.0 Å². The lowest BCUT2D eigenvalue weighted by Gasteiger charge is -2.35. The second kappa shape index (κ2) is 7.27. The van der Waals surface area contributed by atoms with Crippen LogP contribution in [0.25, 0.3) is 0 Å². The number of hydrogen-bond acceptors (Lipinski definition) is 3. The minimum Gasteiger partial charge on any atom is -0.384 e. The molecular weight excluding hydrogens is 250 g/mol. The zero-order valence-electron chi connectivity index (χ0n) is 12.6. The molecule has 1 amide bonds. The second-order valence-electron chi connectivity index (χ2n) is 5.45. The minimum atomic E-state index is 0.129. The third-order valence-corrected chi connectivity index (χ3v) is 3.92. The Labute approximate surface area is 121 Å². The lowest BCUT2D eigenvalue weighted by atomic mass is 9.99. The van der Waals surface area contributed by atoms with Gasteiger partial charge in [-0.05, 0) is 38.2 Å². The van der Waals surface area contributed by atoms with Crippen LogP contribution in [0.2, 0.25) is 0 Å². The predicted molar refractivity (Wildman–Crippen MR) is 82.0 cm³/mol. The van der Waals surface area contributed by atoms with Crippen molar-refractivity contribution < 1.29 is 4.79 Å². The third-order valence-electron chi connectivity index (χ3n) is 3.92. The Hall–Kier alpha value is -1.58. The molecule has 4 nitrogen and oxygen atoms in total. The molecule has 1 aliphatic heterocycles. The number of pyridine rings is 1. The fourth-order valence-electron chi connectivity index (χ4n) is 2.78. The van der Waals surface area contributed by atoms with Crippen LogP contribution in [0.1, 0.15) is 56.3 Å². The molecule has 1 atom stereocenters. The van der Waals surface area contributed by atoms with Crippen LogP contribution in [-0.2, 0) is 0 Å². The molecule has 1 aliphatic rings. The van der Waals surface area contributed by atoms with Gasteiger partial charge in [0, 0.05) is 31.5 Å². The van der Waals surface area contributed by atoms with Gasteiger partial charge in [-0.3, -0.25) is 9.78 Å². The molecule has 0 radical (unpaired) electrons. The summed E-state index contributed by atoms with van der Waals surface area (Å²) < 4.78 is 0. The number of rotatable bonds is 5. The molecule has 0 aliphatic carbocycles. The molecule has 110 valence electrons. The first kappa shape index (κ1) is 14.8. The zero-order chi connectivity index (χ0) is 14.4. The van der Waals surface area contributed by atoms with E-state index in [4.69, 9.17) is 0 Å². The van der Waals surface area contributed by atoms with E-state index in [0.717, 1.165) is 44.5 Å². The molecule has 1 saturated heterocycles. The molecule has 0 saturated carbocycles. The maximum Gasteiger partial charge on any atom is 0.255 e. The summed E-state index contributed by atoms with van der Waals surface area (Å²) in [7, 11) is 0. The van der Waals surface area contributed by atoms with Gasteiger partial charge >= 0.3 is 0 Å². The molecule has 20 heavy (non-hydrogen) atoms. The Morgan fingerprint density at radius 2 is 2.25 bits per heavy atom. The number of carbonyl (C=O) groups is 1. The number of likely N-dealkylation sites (tertiary alicyclic amines) is 1. The van der Waals surface area contributed by atoms with Crippen LogP contribution < -0.4 is 5.32 Å². The molecule has 0 bridgehead atoms. The molecule has 0 spiro atoms. The Balaban J connectivity index is 2.11. The normalized spacial score (nSPS) is 18.9. The van der Waals surface area contributed by atoms with Crippen LogP contribution in [0.5, 0.6) is 0 Å². The highest BCUT2D eigenvalue weighted by molar-refractivity contribution is 5.95. The predicted octanol–water partition coefficient (Wildman–Crippen LogP) is 3.31. The van der Waals surface area contributed by atoms with Crippen molar-refractivity contribution in [1.29, 1.82) is 0 Å². The van der Waals surface area contributed by atoms with Crippen molar-refractivity contribution in [2.75, 3.05) is 18.4 Å². The number of nitrogens with one attached hydrogen (secondary N) is 1. The van der Waals surface area contributed by atoms with Gasteiger partial charge in [-0.15, -0.1) is 0 Å². The van der Waals surface area contributed by atoms with E-state index in [9.17, 15) is 4.79 Å². The Morgan fingerprint density at radius 3 is 3.00 bits per heavy atom. The average Bonchev–Trinajstić information content (AvgIpc) is 2.52. The van der Waals surface area contributed by atoms with Crippen molar-refractivity contribution >= 4 is 11.6 Å². The summed E-state index contributed by atoms with van der Waals surface area (Å²) in [5.74, 6) is 0.129. The quantitative estimate of drug-likeness (QED) is 0.896. The number of nitrogens with zero attached hydrogens (tertiary/aromatic N) is 2. The van der Waals surface area contributed by atoms with E-state index in [1.54, 1.807) is 12.4 Å². The summed E-state index contributed by atoms with van der Waals surface area (Å²) in [6.45, 7) is 6.06. The van der Waals surface area contributed by atoms with Crippen LogP contribution >= 0.6 is 0 Å². The summed E-state index contributed by atoms with van der Waals surface area (Å²) in [5.41, 5.74) is 1.63. The summed E-state index contributed by atoms with van der Waals surface area (Å²) >= 11 is 0. The number of piperidine rings is 1. The maximum atomic E-state index is 12.7. The average molecular weight is 275 g/mol. The maximum absolute atomic E-state index is 12.7. The zero-order valence-corrected chi connectivity index (χ0v) is 12.6. The largest absolute Gasteiger partial charge is 0.384 e. The summed E-state index contributed by atoms with van der Waals surface area (Å²) in [6, 6.07) is 2.32. The van der Waals surface area contributed by atoms with E-state index in [2.05, 4.69) is 24.1 Å². The molecule has 4 heteroatoms. The molecule has 1 aromatic heterocycles. The third kappa shape index (κ3) is 3.50. The molecule has 1 fully saturated rings. The molecule has 2 heterocycles. The van der Waals surface area contributed by atoms with Crippen molar-refractivity contribution in [3.05, 3.63) is 24.0 Å². The van der Waals surface area contributed by atoms with Gasteiger partial charge in [0.1, 0.15) is 0 Å². The van der Waals surface area contributed by atoms with Crippen molar-refractivity contribution in [2.24, 2.45) is 0 Å². The van der Waals surface area contributed by atoms with E-state index in [1.807, 2.05) is 11.0 Å². The molecule has 1 aromatic rings. The number of amides is 1. The summed E-state index contributed by atoms with van der Waals surface area (Å²) in [6.07, 6.45) is 9.03. The molecule has 1 unspecified atom stereocenters. The standard InChI is InChI=1S/C16H25N3O/c1-3-8-18-14-10-13(11-17-12-14)16(20)19-9-6-5-7-15(19)4-2/h10-12,15,18H,3-9H2,1-2H3. The van der Waals surface area contributed by atoms with Gasteiger partial charge in [0.25, 0.3) is 5.91 Å². The highest BCUT2D eigenvalue weighted by atomic mass is 16.2. The topological polar surface area (TPSA) is 45.2 Å². The lowest BCUT2D eigenvalue weighted by Crippen LogP contribution is -2.43. The van der Waals surface area contributed by atoms with E-state index in [0.29, 0.717) is 11.6 Å². The molecule has 0 aromatic carbocycles. The van der Waals surface area contributed by atoms with Gasteiger partial charge < -0.3 is 10.2 Å².